The number of tetrazole rings is 1. The second-order valence-corrected chi connectivity index (χ2v) is 9.98. The topological polar surface area (TPSA) is 189 Å². The van der Waals surface area contributed by atoms with E-state index < -0.39 is 54.0 Å². The highest BCUT2D eigenvalue weighted by atomic mass is 16.4. The van der Waals surface area contributed by atoms with Crippen LogP contribution in [0.25, 0.3) is 0 Å². The van der Waals surface area contributed by atoms with E-state index in [0.29, 0.717) is 31.5 Å². The smallest absolute Gasteiger partial charge is 0.305 e. The molecule has 0 spiro atoms. The first-order chi connectivity index (χ1) is 20.2. The molecule has 2 unspecified atom stereocenters. The molecule has 2 aromatic heterocycles. The molecule has 0 aliphatic carbocycles. The number of carbonyl (C=O) groups is 5. The Labute approximate surface area is 241 Å². The first-order valence-corrected chi connectivity index (χ1v) is 13.6. The number of hydrogen-bond donors (Lipinski definition) is 3. The van der Waals surface area contributed by atoms with E-state index in [0.717, 1.165) is 5.56 Å². The summed E-state index contributed by atoms with van der Waals surface area (Å²) < 4.78 is 1.27. The van der Waals surface area contributed by atoms with Gasteiger partial charge in [-0.15, -0.1) is 5.10 Å². The molecule has 14 heteroatoms. The number of carboxylic acid groups (broad SMARTS) is 1. The number of rotatable bonds is 12. The van der Waals surface area contributed by atoms with Crippen LogP contribution >= 0.6 is 0 Å². The molecule has 1 aliphatic rings. The van der Waals surface area contributed by atoms with Gasteiger partial charge in [0.1, 0.15) is 24.3 Å². The molecule has 0 bridgehead atoms. The van der Waals surface area contributed by atoms with Crippen molar-refractivity contribution in [2.45, 2.75) is 63.7 Å². The number of nitrogens with one attached hydrogen (secondary N) is 2. The van der Waals surface area contributed by atoms with E-state index in [-0.39, 0.29) is 18.8 Å². The van der Waals surface area contributed by atoms with Crippen LogP contribution in [0.1, 0.15) is 54.5 Å². The molecule has 1 fully saturated rings. The van der Waals surface area contributed by atoms with Gasteiger partial charge in [-0.3, -0.25) is 29.0 Å². The third-order valence-corrected chi connectivity index (χ3v) is 6.97. The van der Waals surface area contributed by atoms with Gasteiger partial charge in [-0.1, -0.05) is 36.4 Å². The van der Waals surface area contributed by atoms with Crippen LogP contribution in [-0.4, -0.2) is 89.3 Å². The molecule has 0 saturated carbocycles. The first-order valence-electron chi connectivity index (χ1n) is 13.6. The van der Waals surface area contributed by atoms with Gasteiger partial charge in [0, 0.05) is 19.2 Å². The number of carboxylic acids is 1. The highest BCUT2D eigenvalue weighted by Crippen LogP contribution is 2.16. The van der Waals surface area contributed by atoms with Gasteiger partial charge in [0.05, 0.1) is 12.5 Å². The summed E-state index contributed by atoms with van der Waals surface area (Å²) in [6, 6.07) is 10.9. The van der Waals surface area contributed by atoms with Crippen molar-refractivity contribution in [1.82, 2.24) is 40.7 Å². The summed E-state index contributed by atoms with van der Waals surface area (Å²) in [6.07, 6.45) is 2.79. The van der Waals surface area contributed by atoms with Crippen molar-refractivity contribution in [3.8, 4) is 0 Å². The number of nitrogens with zero attached hydrogens (tertiary/aromatic N) is 6. The van der Waals surface area contributed by atoms with Crippen molar-refractivity contribution in [3.05, 3.63) is 71.8 Å². The molecule has 3 N–H and O–H groups in total. The third-order valence-electron chi connectivity index (χ3n) is 6.97. The number of carbonyl (C=O) groups excluding carboxylic acids is 4. The van der Waals surface area contributed by atoms with Crippen molar-refractivity contribution in [1.29, 1.82) is 0 Å². The molecule has 14 nitrogen and oxygen atoms in total. The lowest BCUT2D eigenvalue weighted by Gasteiger charge is -2.30. The second kappa shape index (κ2) is 14.1. The Kier molecular flexibility index (Phi) is 10.0. The Morgan fingerprint density at radius 2 is 1.83 bits per heavy atom. The van der Waals surface area contributed by atoms with Crippen LogP contribution < -0.4 is 10.6 Å². The van der Waals surface area contributed by atoms with Gasteiger partial charge in [0.25, 0.3) is 5.91 Å². The number of amides is 3. The maximum Gasteiger partial charge on any atom is 0.305 e. The molecule has 42 heavy (non-hydrogen) atoms. The molecular formula is C28H32N8O6. The number of aliphatic carboxylic acids is 1. The fraction of sp³-hybridized carbons (Fsp3) is 0.393. The Hall–Kier alpha value is -5.01. The Morgan fingerprint density at radius 3 is 2.55 bits per heavy atom. The minimum absolute atomic E-state index is 0.163. The standard InChI is InChI=1S/C28H32N8O6/c1-18(35-14-8-6-12-21(28(35)42)30-27(41)20-11-5-7-13-29-20)26(40)31-22(16-25(38)39)23(37)17-36-24(32-33-34-36)15-19-9-3-2-4-10-19/h2-5,7,9-11,13,18,21-22H,6,8,12,14-17H2,1H3,(H,30,41)(H,31,40)(H,38,39)/t18?,21-,22?/m0/s1. The van der Waals surface area contributed by atoms with E-state index in [2.05, 4.69) is 31.1 Å². The first kappa shape index (κ1) is 30.0. The van der Waals surface area contributed by atoms with Crippen LogP contribution in [0.4, 0.5) is 0 Å². The molecule has 1 saturated heterocycles. The van der Waals surface area contributed by atoms with E-state index in [1.54, 1.807) is 12.1 Å². The van der Waals surface area contributed by atoms with Gasteiger partial charge in [-0.25, -0.2) is 4.68 Å². The number of hydrogen-bond acceptors (Lipinski definition) is 9. The molecule has 4 rings (SSSR count). The quantitative estimate of drug-likeness (QED) is 0.272. The second-order valence-electron chi connectivity index (χ2n) is 9.98. The summed E-state index contributed by atoms with van der Waals surface area (Å²) in [6.45, 7) is 1.40. The number of ketones is 1. The lowest BCUT2D eigenvalue weighted by Crippen LogP contribution is -2.56. The molecule has 0 radical (unpaired) electrons. The highest BCUT2D eigenvalue weighted by molar-refractivity contribution is 5.98. The van der Waals surface area contributed by atoms with Crippen molar-refractivity contribution in [2.24, 2.45) is 0 Å². The largest absolute Gasteiger partial charge is 0.481 e. The van der Waals surface area contributed by atoms with E-state index in [1.807, 2.05) is 30.3 Å². The maximum absolute atomic E-state index is 13.4. The van der Waals surface area contributed by atoms with Crippen LogP contribution in [0.3, 0.4) is 0 Å². The van der Waals surface area contributed by atoms with E-state index >= 15 is 0 Å². The average molecular weight is 577 g/mol. The Bertz CT molecular complexity index is 1410. The average Bonchev–Trinajstić information content (AvgIpc) is 3.33. The molecule has 1 aromatic carbocycles. The summed E-state index contributed by atoms with van der Waals surface area (Å²) in [5.41, 5.74) is 1.08. The van der Waals surface area contributed by atoms with Crippen molar-refractivity contribution < 1.29 is 29.1 Å². The number of Topliss-reactive ketones (excluding diaryl/α,β-unsaturated/α-hetero) is 1. The summed E-state index contributed by atoms with van der Waals surface area (Å²) in [7, 11) is 0. The van der Waals surface area contributed by atoms with Crippen LogP contribution in [0.5, 0.6) is 0 Å². The van der Waals surface area contributed by atoms with Gasteiger partial charge in [0.15, 0.2) is 11.6 Å². The minimum Gasteiger partial charge on any atom is -0.481 e. The Balaban J connectivity index is 1.42. The van der Waals surface area contributed by atoms with Crippen molar-refractivity contribution in [2.75, 3.05) is 6.54 Å². The molecule has 3 amide bonds. The fourth-order valence-corrected chi connectivity index (χ4v) is 4.67. The third kappa shape index (κ3) is 7.80. The molecule has 3 atom stereocenters. The molecular weight excluding hydrogens is 544 g/mol. The van der Waals surface area contributed by atoms with Crippen molar-refractivity contribution in [3.63, 3.8) is 0 Å². The monoisotopic (exact) mass is 576 g/mol. The zero-order valence-electron chi connectivity index (χ0n) is 23.0. The highest BCUT2D eigenvalue weighted by Gasteiger charge is 2.35. The summed E-state index contributed by atoms with van der Waals surface area (Å²) in [4.78, 5) is 69.4. The van der Waals surface area contributed by atoms with Gasteiger partial charge < -0.3 is 20.6 Å². The van der Waals surface area contributed by atoms with Crippen LogP contribution in [0.2, 0.25) is 0 Å². The zero-order chi connectivity index (χ0) is 30.1. The summed E-state index contributed by atoms with van der Waals surface area (Å²) in [5.74, 6) is -3.14. The normalized spacial score (nSPS) is 16.6. The van der Waals surface area contributed by atoms with Gasteiger partial charge >= 0.3 is 5.97 Å². The zero-order valence-corrected chi connectivity index (χ0v) is 23.0. The van der Waals surface area contributed by atoms with Gasteiger partial charge in [0.2, 0.25) is 11.8 Å². The molecule has 220 valence electrons. The molecule has 1 aliphatic heterocycles. The SMILES string of the molecule is CC(C(=O)NC(CC(=O)O)C(=O)Cn1nnnc1Cc1ccccc1)N1CCCC[C@H](NC(=O)c2ccccn2)C1=O. The predicted octanol–water partition coefficient (Wildman–Crippen LogP) is 0.387. The van der Waals surface area contributed by atoms with Crippen LogP contribution in [-0.2, 0) is 32.1 Å². The van der Waals surface area contributed by atoms with Crippen LogP contribution in [0, 0.1) is 0 Å². The Morgan fingerprint density at radius 1 is 1.07 bits per heavy atom. The van der Waals surface area contributed by atoms with Crippen molar-refractivity contribution >= 4 is 29.5 Å². The van der Waals surface area contributed by atoms with E-state index in [9.17, 15) is 29.1 Å². The minimum atomic E-state index is -1.38. The lowest BCUT2D eigenvalue weighted by atomic mass is 10.1. The van der Waals surface area contributed by atoms with Crippen LogP contribution in [0.15, 0.2) is 54.7 Å². The lowest BCUT2D eigenvalue weighted by molar-refractivity contribution is -0.143. The molecule has 3 aromatic rings. The van der Waals surface area contributed by atoms with E-state index in [1.165, 1.54) is 28.8 Å². The summed E-state index contributed by atoms with van der Waals surface area (Å²) >= 11 is 0. The number of pyridine rings is 1. The predicted molar refractivity (Wildman–Crippen MR) is 147 cm³/mol. The number of likely N-dealkylation sites (tertiary alicyclic amines) is 1. The number of benzene rings is 1. The molecule has 3 heterocycles. The maximum atomic E-state index is 13.4. The van der Waals surface area contributed by atoms with Gasteiger partial charge in [-0.05, 0) is 54.3 Å². The number of aromatic nitrogens is 5. The summed E-state index contributed by atoms with van der Waals surface area (Å²) in [5, 5.41) is 26.1. The van der Waals surface area contributed by atoms with E-state index in [4.69, 9.17) is 0 Å². The van der Waals surface area contributed by atoms with Gasteiger partial charge in [-0.2, -0.15) is 0 Å². The fourth-order valence-electron chi connectivity index (χ4n) is 4.67.